The summed E-state index contributed by atoms with van der Waals surface area (Å²) in [5.74, 6) is -0.279. The molecule has 4 rings (SSSR count). The largest absolute Gasteiger partial charge is 0.468 e. The van der Waals surface area contributed by atoms with Crippen LogP contribution in [0.25, 0.3) is 10.9 Å². The molecule has 0 amide bonds. The molecule has 0 saturated heterocycles. The van der Waals surface area contributed by atoms with Gasteiger partial charge in [0, 0.05) is 40.1 Å². The summed E-state index contributed by atoms with van der Waals surface area (Å²) >= 11 is 12.6. The molecule has 0 radical (unpaired) electrons. The van der Waals surface area contributed by atoms with E-state index in [9.17, 15) is 4.79 Å². The highest BCUT2D eigenvalue weighted by molar-refractivity contribution is 6.35. The van der Waals surface area contributed by atoms with Crippen molar-refractivity contribution in [3.63, 3.8) is 0 Å². The zero-order chi connectivity index (χ0) is 18.4. The summed E-state index contributed by atoms with van der Waals surface area (Å²) in [6.45, 7) is 0. The number of ether oxygens (including phenoxy) is 1. The molecule has 0 saturated carbocycles. The number of aryl methyl sites for hydroxylation is 1. The van der Waals surface area contributed by atoms with Gasteiger partial charge in [-0.2, -0.15) is 0 Å². The van der Waals surface area contributed by atoms with Gasteiger partial charge in [0.15, 0.2) is 0 Å². The molecule has 2 aromatic carbocycles. The summed E-state index contributed by atoms with van der Waals surface area (Å²) in [6.07, 6.45) is 0.574. The van der Waals surface area contributed by atoms with Crippen LogP contribution in [0.3, 0.4) is 0 Å². The van der Waals surface area contributed by atoms with E-state index in [1.807, 2.05) is 31.3 Å². The molecule has 26 heavy (non-hydrogen) atoms. The van der Waals surface area contributed by atoms with Crippen molar-refractivity contribution < 1.29 is 9.53 Å². The molecule has 0 fully saturated rings. The second-order valence-corrected chi connectivity index (χ2v) is 7.33. The molecule has 0 aliphatic carbocycles. The maximum atomic E-state index is 12.3. The summed E-state index contributed by atoms with van der Waals surface area (Å²) < 4.78 is 7.16. The third-order valence-electron chi connectivity index (χ3n) is 5.07. The van der Waals surface area contributed by atoms with Gasteiger partial charge in [0.25, 0.3) is 0 Å². The smallest absolute Gasteiger partial charge is 0.323 e. The molecule has 0 spiro atoms. The Balaban J connectivity index is 1.95. The maximum Gasteiger partial charge on any atom is 0.323 e. The molecular formula is C20H18Cl2N2O2. The summed E-state index contributed by atoms with van der Waals surface area (Å²) in [4.78, 5) is 12.3. The Morgan fingerprint density at radius 1 is 1.23 bits per heavy atom. The van der Waals surface area contributed by atoms with Crippen LogP contribution in [-0.2, 0) is 23.0 Å². The van der Waals surface area contributed by atoms with Gasteiger partial charge >= 0.3 is 5.97 Å². The molecule has 2 atom stereocenters. The van der Waals surface area contributed by atoms with Crippen LogP contribution in [0.5, 0.6) is 0 Å². The predicted octanol–water partition coefficient (Wildman–Crippen LogP) is 4.26. The van der Waals surface area contributed by atoms with Crippen LogP contribution in [0.4, 0.5) is 0 Å². The number of nitrogens with zero attached hydrogens (tertiary/aromatic N) is 1. The van der Waals surface area contributed by atoms with Crippen LogP contribution in [-0.4, -0.2) is 23.7 Å². The summed E-state index contributed by atoms with van der Waals surface area (Å²) in [5.41, 5.74) is 4.26. The minimum atomic E-state index is -0.435. The van der Waals surface area contributed by atoms with E-state index in [0.717, 1.165) is 27.7 Å². The fraction of sp³-hybridized carbons (Fsp3) is 0.250. The Bertz CT molecular complexity index is 1010. The van der Waals surface area contributed by atoms with E-state index < -0.39 is 6.04 Å². The van der Waals surface area contributed by atoms with Crippen molar-refractivity contribution in [3.8, 4) is 0 Å². The van der Waals surface area contributed by atoms with Gasteiger partial charge in [-0.15, -0.1) is 0 Å². The van der Waals surface area contributed by atoms with Gasteiger partial charge in [0.1, 0.15) is 6.04 Å². The van der Waals surface area contributed by atoms with Gasteiger partial charge in [-0.1, -0.05) is 47.5 Å². The number of hydrogen-bond donors (Lipinski definition) is 1. The predicted molar refractivity (Wildman–Crippen MR) is 104 cm³/mol. The average Bonchev–Trinajstić information content (AvgIpc) is 2.93. The van der Waals surface area contributed by atoms with Crippen molar-refractivity contribution >= 4 is 40.1 Å². The molecule has 0 unspecified atom stereocenters. The Morgan fingerprint density at radius 3 is 2.73 bits per heavy atom. The number of carbonyl (C=O) groups excluding carboxylic acids is 1. The lowest BCUT2D eigenvalue weighted by Gasteiger charge is -2.32. The molecular weight excluding hydrogens is 371 g/mol. The minimum Gasteiger partial charge on any atom is -0.468 e. The normalized spacial score (nSPS) is 19.4. The molecule has 3 aromatic rings. The van der Waals surface area contributed by atoms with Crippen LogP contribution in [0.15, 0.2) is 42.5 Å². The summed E-state index contributed by atoms with van der Waals surface area (Å²) in [5, 5.41) is 5.71. The molecule has 134 valence electrons. The number of rotatable bonds is 2. The van der Waals surface area contributed by atoms with Crippen LogP contribution in [0.2, 0.25) is 10.0 Å². The highest BCUT2D eigenvalue weighted by atomic mass is 35.5. The second kappa shape index (κ2) is 6.62. The van der Waals surface area contributed by atoms with Crippen LogP contribution >= 0.6 is 23.2 Å². The Kier molecular flexibility index (Phi) is 4.43. The topological polar surface area (TPSA) is 43.3 Å². The van der Waals surface area contributed by atoms with Crippen LogP contribution < -0.4 is 5.32 Å². The maximum absolute atomic E-state index is 12.3. The third kappa shape index (κ3) is 2.69. The lowest BCUT2D eigenvalue weighted by molar-refractivity contribution is -0.143. The zero-order valence-electron chi connectivity index (χ0n) is 14.4. The number of fused-ring (bicyclic) bond motifs is 3. The van der Waals surface area contributed by atoms with Crippen molar-refractivity contribution in [1.82, 2.24) is 9.88 Å². The first-order valence-corrected chi connectivity index (χ1v) is 9.12. The number of hydrogen-bond acceptors (Lipinski definition) is 3. The molecule has 2 heterocycles. The first kappa shape index (κ1) is 17.4. The van der Waals surface area contributed by atoms with Gasteiger partial charge in [-0.05, 0) is 29.3 Å². The fourth-order valence-corrected chi connectivity index (χ4v) is 4.40. The van der Waals surface area contributed by atoms with E-state index in [1.54, 1.807) is 6.07 Å². The van der Waals surface area contributed by atoms with Gasteiger partial charge in [0.05, 0.1) is 13.2 Å². The Labute approximate surface area is 161 Å². The highest BCUT2D eigenvalue weighted by Gasteiger charge is 2.36. The van der Waals surface area contributed by atoms with E-state index >= 15 is 0 Å². The van der Waals surface area contributed by atoms with Crippen LogP contribution in [0.1, 0.15) is 22.9 Å². The second-order valence-electron chi connectivity index (χ2n) is 6.49. The average molecular weight is 389 g/mol. The van der Waals surface area contributed by atoms with Crippen molar-refractivity contribution in [1.29, 1.82) is 0 Å². The summed E-state index contributed by atoms with van der Waals surface area (Å²) in [7, 11) is 3.45. The lowest BCUT2D eigenvalue weighted by atomic mass is 9.90. The number of benzene rings is 2. The first-order chi connectivity index (χ1) is 12.5. The molecule has 1 N–H and O–H groups in total. The van der Waals surface area contributed by atoms with Crippen molar-refractivity contribution in [3.05, 3.63) is 69.3 Å². The van der Waals surface area contributed by atoms with Crippen molar-refractivity contribution in [2.24, 2.45) is 7.05 Å². The number of carbonyl (C=O) groups is 1. The number of aromatic nitrogens is 1. The molecule has 1 aliphatic rings. The van der Waals surface area contributed by atoms with Crippen molar-refractivity contribution in [2.45, 2.75) is 18.5 Å². The van der Waals surface area contributed by atoms with Gasteiger partial charge < -0.3 is 9.30 Å². The van der Waals surface area contributed by atoms with E-state index in [-0.39, 0.29) is 12.0 Å². The summed E-state index contributed by atoms with van der Waals surface area (Å²) in [6, 6.07) is 13.0. The molecule has 4 nitrogen and oxygen atoms in total. The number of para-hydroxylation sites is 1. The SMILES string of the molecule is COC(=O)[C@@H]1Cc2c(n(C)c3ccccc23)[C@@H](c2ccc(Cl)cc2Cl)N1. The van der Waals surface area contributed by atoms with Gasteiger partial charge in [0.2, 0.25) is 0 Å². The van der Waals surface area contributed by atoms with Gasteiger partial charge in [-0.3, -0.25) is 10.1 Å². The Hall–Kier alpha value is -2.01. The number of methoxy groups -OCH3 is 1. The van der Waals surface area contributed by atoms with Crippen LogP contribution in [0, 0.1) is 0 Å². The number of esters is 1. The first-order valence-electron chi connectivity index (χ1n) is 8.36. The lowest BCUT2D eigenvalue weighted by Crippen LogP contribution is -2.46. The highest BCUT2D eigenvalue weighted by Crippen LogP contribution is 2.39. The molecule has 6 heteroatoms. The number of nitrogens with one attached hydrogen (secondary N) is 1. The monoisotopic (exact) mass is 388 g/mol. The molecule has 0 bridgehead atoms. The standard InChI is InChI=1S/C20H18Cl2N2O2/c1-24-17-6-4-3-5-12(17)14-10-16(20(25)26-2)23-18(19(14)24)13-8-7-11(21)9-15(13)22/h3-9,16,18,23H,10H2,1-2H3/t16-,18+/m0/s1. The quantitative estimate of drug-likeness (QED) is 0.666. The Morgan fingerprint density at radius 2 is 2.00 bits per heavy atom. The van der Waals surface area contributed by atoms with E-state index in [2.05, 4.69) is 22.0 Å². The molecule has 1 aliphatic heterocycles. The van der Waals surface area contributed by atoms with Gasteiger partial charge in [-0.25, -0.2) is 0 Å². The van der Waals surface area contributed by atoms with Crippen molar-refractivity contribution in [2.75, 3.05) is 7.11 Å². The number of halogens is 2. The van der Waals surface area contributed by atoms with E-state index in [0.29, 0.717) is 16.5 Å². The zero-order valence-corrected chi connectivity index (χ0v) is 15.9. The van der Waals surface area contributed by atoms with E-state index in [4.69, 9.17) is 27.9 Å². The molecule has 1 aromatic heterocycles. The third-order valence-corrected chi connectivity index (χ3v) is 5.63. The fourth-order valence-electron chi connectivity index (χ4n) is 3.88. The minimum absolute atomic E-state index is 0.231. The van der Waals surface area contributed by atoms with E-state index in [1.165, 1.54) is 7.11 Å².